The van der Waals surface area contributed by atoms with E-state index in [4.69, 9.17) is 5.73 Å². The summed E-state index contributed by atoms with van der Waals surface area (Å²) in [5.74, 6) is -0.615. The van der Waals surface area contributed by atoms with E-state index >= 15 is 0 Å². The van der Waals surface area contributed by atoms with Crippen LogP contribution in [0.1, 0.15) is 22.5 Å². The van der Waals surface area contributed by atoms with Crippen LogP contribution in [0.25, 0.3) is 10.4 Å². The summed E-state index contributed by atoms with van der Waals surface area (Å²) in [6.45, 7) is 1.91. The van der Waals surface area contributed by atoms with Crippen molar-refractivity contribution in [3.63, 3.8) is 0 Å². The summed E-state index contributed by atoms with van der Waals surface area (Å²) >= 11 is 1.20. The molecule has 132 valence electrons. The van der Waals surface area contributed by atoms with E-state index in [1.807, 2.05) is 0 Å². The Morgan fingerprint density at radius 3 is 2.84 bits per heavy atom. The summed E-state index contributed by atoms with van der Waals surface area (Å²) in [6, 6.07) is 7.09. The summed E-state index contributed by atoms with van der Waals surface area (Å²) in [7, 11) is 0. The first kappa shape index (κ1) is 17.4. The van der Waals surface area contributed by atoms with Crippen LogP contribution in [0.2, 0.25) is 0 Å². The molecule has 25 heavy (non-hydrogen) atoms. The molecule has 1 aliphatic rings. The summed E-state index contributed by atoms with van der Waals surface area (Å²) in [5.41, 5.74) is 6.19. The second-order valence-electron chi connectivity index (χ2n) is 5.98. The number of hydrogen-bond donors (Lipinski definition) is 4. The average Bonchev–Trinajstić information content (AvgIpc) is 2.99. The molecule has 2 aromatic rings. The van der Waals surface area contributed by atoms with Crippen molar-refractivity contribution in [2.24, 2.45) is 5.73 Å². The van der Waals surface area contributed by atoms with Gasteiger partial charge < -0.3 is 21.7 Å². The number of halogens is 1. The Morgan fingerprint density at radius 2 is 2.16 bits per heavy atom. The van der Waals surface area contributed by atoms with Crippen molar-refractivity contribution in [2.45, 2.75) is 18.9 Å². The van der Waals surface area contributed by atoms with Gasteiger partial charge in [-0.1, -0.05) is 12.1 Å². The average molecular weight is 363 g/mol. The molecule has 3 amide bonds. The predicted molar refractivity (Wildman–Crippen MR) is 95.1 cm³/mol. The summed E-state index contributed by atoms with van der Waals surface area (Å²) in [4.78, 5) is 24.9. The van der Waals surface area contributed by atoms with Crippen molar-refractivity contribution >= 4 is 29.0 Å². The van der Waals surface area contributed by atoms with Crippen molar-refractivity contribution < 1.29 is 19.3 Å². The van der Waals surface area contributed by atoms with Crippen molar-refractivity contribution in [1.82, 2.24) is 5.32 Å². The van der Waals surface area contributed by atoms with Gasteiger partial charge in [0.1, 0.15) is 10.7 Å². The van der Waals surface area contributed by atoms with Gasteiger partial charge in [-0.3, -0.25) is 4.79 Å². The number of quaternary nitrogens is 1. The SMILES string of the molecule is NC(=O)Nc1cc(-c2cccc(F)c2)sc1C(=O)N[C@H]1CCC[NH2+]C1. The van der Waals surface area contributed by atoms with Crippen LogP contribution >= 0.6 is 11.3 Å². The van der Waals surface area contributed by atoms with Gasteiger partial charge >= 0.3 is 6.03 Å². The number of hydrogen-bond acceptors (Lipinski definition) is 3. The molecule has 6 nitrogen and oxygen atoms in total. The molecular formula is C17H20FN4O2S+. The Morgan fingerprint density at radius 1 is 1.32 bits per heavy atom. The monoisotopic (exact) mass is 363 g/mol. The first-order valence-electron chi connectivity index (χ1n) is 8.11. The van der Waals surface area contributed by atoms with Crippen LogP contribution in [0, 0.1) is 5.82 Å². The molecular weight excluding hydrogens is 343 g/mol. The third-order valence-corrected chi connectivity index (χ3v) is 5.24. The lowest BCUT2D eigenvalue weighted by Crippen LogP contribution is -2.89. The number of urea groups is 1. The van der Waals surface area contributed by atoms with Gasteiger partial charge in [-0.05, 0) is 36.6 Å². The molecule has 1 saturated heterocycles. The molecule has 1 fully saturated rings. The summed E-state index contributed by atoms with van der Waals surface area (Å²) in [5, 5.41) is 7.65. The van der Waals surface area contributed by atoms with Gasteiger partial charge in [0.05, 0.1) is 24.8 Å². The molecule has 3 rings (SSSR count). The minimum atomic E-state index is -0.747. The van der Waals surface area contributed by atoms with Gasteiger partial charge in [-0.25, -0.2) is 9.18 Å². The van der Waals surface area contributed by atoms with Crippen molar-refractivity contribution in [3.8, 4) is 10.4 Å². The number of nitrogens with one attached hydrogen (secondary N) is 2. The van der Waals surface area contributed by atoms with E-state index < -0.39 is 6.03 Å². The lowest BCUT2D eigenvalue weighted by Gasteiger charge is -2.21. The predicted octanol–water partition coefficient (Wildman–Crippen LogP) is 1.50. The Labute approximate surface area is 148 Å². The number of piperidine rings is 1. The van der Waals surface area contributed by atoms with Crippen molar-refractivity contribution in [1.29, 1.82) is 0 Å². The number of amides is 3. The molecule has 0 radical (unpaired) electrons. The van der Waals surface area contributed by atoms with Gasteiger partial charge in [0.15, 0.2) is 0 Å². The van der Waals surface area contributed by atoms with Crippen LogP contribution in [0.15, 0.2) is 30.3 Å². The fourth-order valence-corrected chi connectivity index (χ4v) is 3.91. The van der Waals surface area contributed by atoms with E-state index in [2.05, 4.69) is 16.0 Å². The lowest BCUT2D eigenvalue weighted by atomic mass is 10.1. The van der Waals surface area contributed by atoms with Crippen LogP contribution in [0.4, 0.5) is 14.9 Å². The Kier molecular flexibility index (Phi) is 5.30. The quantitative estimate of drug-likeness (QED) is 0.662. The van der Waals surface area contributed by atoms with Gasteiger partial charge in [-0.15, -0.1) is 11.3 Å². The van der Waals surface area contributed by atoms with Crippen molar-refractivity contribution in [3.05, 3.63) is 41.0 Å². The van der Waals surface area contributed by atoms with E-state index in [0.29, 0.717) is 21.0 Å². The van der Waals surface area contributed by atoms with Crippen LogP contribution in [-0.4, -0.2) is 31.1 Å². The maximum absolute atomic E-state index is 13.5. The number of primary amides is 1. The first-order valence-corrected chi connectivity index (χ1v) is 8.93. The lowest BCUT2D eigenvalue weighted by molar-refractivity contribution is -0.664. The molecule has 2 heterocycles. The second-order valence-corrected chi connectivity index (χ2v) is 7.03. The molecule has 0 unspecified atom stereocenters. The zero-order valence-electron chi connectivity index (χ0n) is 13.5. The van der Waals surface area contributed by atoms with Gasteiger partial charge in [0, 0.05) is 4.88 Å². The fraction of sp³-hybridized carbons (Fsp3) is 0.294. The molecule has 1 aromatic heterocycles. The third-order valence-electron chi connectivity index (χ3n) is 4.05. The third kappa shape index (κ3) is 4.34. The summed E-state index contributed by atoms with van der Waals surface area (Å²) in [6.07, 6.45) is 1.99. The normalized spacial score (nSPS) is 17.1. The van der Waals surface area contributed by atoms with Gasteiger partial charge in [0.25, 0.3) is 5.91 Å². The number of benzene rings is 1. The largest absolute Gasteiger partial charge is 0.351 e. The van der Waals surface area contributed by atoms with E-state index in [1.165, 1.54) is 23.5 Å². The highest BCUT2D eigenvalue weighted by atomic mass is 32.1. The van der Waals surface area contributed by atoms with E-state index in [0.717, 1.165) is 25.9 Å². The Bertz CT molecular complexity index is 787. The van der Waals surface area contributed by atoms with E-state index in [9.17, 15) is 14.0 Å². The van der Waals surface area contributed by atoms with Gasteiger partial charge in [0.2, 0.25) is 0 Å². The molecule has 1 aliphatic heterocycles. The standard InChI is InChI=1S/C17H19FN4O2S/c18-11-4-1-3-10(7-11)14-8-13(22-17(19)24)15(25-14)16(23)21-12-5-2-6-20-9-12/h1,3-4,7-8,12,20H,2,5-6,9H2,(H,21,23)(H3,19,22,24)/p+1/t12-/m0/s1. The van der Waals surface area contributed by atoms with Crippen LogP contribution < -0.4 is 21.7 Å². The molecule has 6 N–H and O–H groups in total. The maximum Gasteiger partial charge on any atom is 0.316 e. The highest BCUT2D eigenvalue weighted by Gasteiger charge is 2.23. The molecule has 1 aromatic carbocycles. The topological polar surface area (TPSA) is 101 Å². The molecule has 1 atom stereocenters. The van der Waals surface area contributed by atoms with Crippen LogP contribution in [0.5, 0.6) is 0 Å². The second kappa shape index (κ2) is 7.62. The number of carbonyl (C=O) groups is 2. The zero-order chi connectivity index (χ0) is 17.8. The number of nitrogens with two attached hydrogens (primary N) is 2. The molecule has 0 saturated carbocycles. The molecule has 0 bridgehead atoms. The highest BCUT2D eigenvalue weighted by molar-refractivity contribution is 7.18. The molecule has 8 heteroatoms. The Hall–Kier alpha value is -2.45. The Balaban J connectivity index is 1.87. The van der Waals surface area contributed by atoms with Crippen LogP contribution in [-0.2, 0) is 0 Å². The highest BCUT2D eigenvalue weighted by Crippen LogP contribution is 2.35. The first-order chi connectivity index (χ1) is 12.0. The number of carbonyl (C=O) groups excluding carboxylic acids is 2. The summed E-state index contributed by atoms with van der Waals surface area (Å²) < 4.78 is 13.5. The maximum atomic E-state index is 13.5. The van der Waals surface area contributed by atoms with E-state index in [-0.39, 0.29) is 17.8 Å². The number of anilines is 1. The number of thiophene rings is 1. The minimum Gasteiger partial charge on any atom is -0.351 e. The van der Waals surface area contributed by atoms with Crippen molar-refractivity contribution in [2.75, 3.05) is 18.4 Å². The number of rotatable bonds is 4. The van der Waals surface area contributed by atoms with E-state index in [1.54, 1.807) is 18.2 Å². The fourth-order valence-electron chi connectivity index (χ4n) is 2.90. The van der Waals surface area contributed by atoms with Crippen LogP contribution in [0.3, 0.4) is 0 Å². The minimum absolute atomic E-state index is 0.0994. The van der Waals surface area contributed by atoms with Gasteiger partial charge in [-0.2, -0.15) is 0 Å². The molecule has 0 aliphatic carbocycles. The molecule has 0 spiro atoms. The zero-order valence-corrected chi connectivity index (χ0v) is 14.4. The smallest absolute Gasteiger partial charge is 0.316 e.